The van der Waals surface area contributed by atoms with Crippen LogP contribution in [0.15, 0.2) is 59.4 Å². The highest BCUT2D eigenvalue weighted by molar-refractivity contribution is 6.06. The molecule has 0 aliphatic heterocycles. The minimum absolute atomic E-state index is 0.0958. The van der Waals surface area contributed by atoms with Crippen molar-refractivity contribution < 1.29 is 18.4 Å². The fourth-order valence-corrected chi connectivity index (χ4v) is 2.82. The highest BCUT2D eigenvalue weighted by Gasteiger charge is 2.20. The van der Waals surface area contributed by atoms with Gasteiger partial charge in [-0.2, -0.15) is 0 Å². The fourth-order valence-electron chi connectivity index (χ4n) is 2.82. The van der Waals surface area contributed by atoms with Crippen molar-refractivity contribution in [1.82, 2.24) is 4.57 Å². The Morgan fingerprint density at radius 3 is 1.96 bits per heavy atom. The lowest BCUT2D eigenvalue weighted by molar-refractivity contribution is 0.101. The molecule has 5 nitrogen and oxygen atoms in total. The summed E-state index contributed by atoms with van der Waals surface area (Å²) in [6.45, 7) is 2.77. The number of anilines is 1. The maximum atomic E-state index is 13.3. The predicted molar refractivity (Wildman–Crippen MR) is 101 cm³/mol. The summed E-state index contributed by atoms with van der Waals surface area (Å²) in [4.78, 5) is 37.5. The van der Waals surface area contributed by atoms with Crippen molar-refractivity contribution in [1.29, 1.82) is 0 Å². The van der Waals surface area contributed by atoms with Gasteiger partial charge in [0, 0.05) is 17.1 Å². The molecule has 2 aromatic carbocycles. The van der Waals surface area contributed by atoms with Gasteiger partial charge >= 0.3 is 0 Å². The van der Waals surface area contributed by atoms with Gasteiger partial charge in [0.25, 0.3) is 11.5 Å². The molecule has 1 heterocycles. The van der Waals surface area contributed by atoms with E-state index in [0.717, 1.165) is 0 Å². The number of hydrogen-bond acceptors (Lipinski definition) is 3. The van der Waals surface area contributed by atoms with E-state index in [4.69, 9.17) is 0 Å². The Balaban J connectivity index is 2.14. The topological polar surface area (TPSA) is 68.2 Å². The molecule has 1 N–H and O–H groups in total. The third-order valence-electron chi connectivity index (χ3n) is 4.26. The van der Waals surface area contributed by atoms with Gasteiger partial charge in [0.15, 0.2) is 5.78 Å². The van der Waals surface area contributed by atoms with Gasteiger partial charge in [-0.1, -0.05) is 0 Å². The summed E-state index contributed by atoms with van der Waals surface area (Å²) in [7, 11) is 0. The minimum atomic E-state index is -0.602. The Labute approximate surface area is 159 Å². The van der Waals surface area contributed by atoms with E-state index in [-0.39, 0.29) is 16.8 Å². The second-order valence-corrected chi connectivity index (χ2v) is 6.19. The van der Waals surface area contributed by atoms with E-state index in [0.29, 0.717) is 11.4 Å². The maximum Gasteiger partial charge on any atom is 0.266 e. The number of benzene rings is 2. The van der Waals surface area contributed by atoms with E-state index < -0.39 is 28.9 Å². The van der Waals surface area contributed by atoms with Gasteiger partial charge in [0.2, 0.25) is 0 Å². The Bertz CT molecular complexity index is 1120. The van der Waals surface area contributed by atoms with Crippen molar-refractivity contribution in [3.63, 3.8) is 0 Å². The zero-order valence-electron chi connectivity index (χ0n) is 15.1. The largest absolute Gasteiger partial charge is 0.322 e. The molecule has 0 saturated heterocycles. The molecule has 0 saturated carbocycles. The first-order valence-electron chi connectivity index (χ1n) is 8.38. The first kappa shape index (κ1) is 19.2. The molecule has 28 heavy (non-hydrogen) atoms. The minimum Gasteiger partial charge on any atom is -0.322 e. The van der Waals surface area contributed by atoms with Gasteiger partial charge in [0.05, 0.1) is 11.1 Å². The summed E-state index contributed by atoms with van der Waals surface area (Å²) in [5.74, 6) is -2.00. The number of nitrogens with one attached hydrogen (secondary N) is 1. The van der Waals surface area contributed by atoms with Crippen LogP contribution in [0.25, 0.3) is 5.69 Å². The SMILES string of the molecule is CC(=O)c1cc(C(=O)Nc2ccc(F)cc2)c(C)n(-c2ccc(F)cc2)c1=O. The average Bonchev–Trinajstić information content (AvgIpc) is 2.65. The second-order valence-electron chi connectivity index (χ2n) is 6.19. The van der Waals surface area contributed by atoms with Crippen molar-refractivity contribution in [3.8, 4) is 5.69 Å². The summed E-state index contributed by atoms with van der Waals surface area (Å²) < 4.78 is 27.5. The van der Waals surface area contributed by atoms with Gasteiger partial charge < -0.3 is 5.32 Å². The third-order valence-corrected chi connectivity index (χ3v) is 4.26. The lowest BCUT2D eigenvalue weighted by Crippen LogP contribution is -2.29. The number of ketones is 1. The van der Waals surface area contributed by atoms with Crippen LogP contribution in [-0.2, 0) is 0 Å². The Kier molecular flexibility index (Phi) is 5.17. The highest BCUT2D eigenvalue weighted by atomic mass is 19.1. The molecule has 3 rings (SSSR count). The molecular formula is C21H16F2N2O3. The molecule has 7 heteroatoms. The fraction of sp³-hybridized carbons (Fsp3) is 0.0952. The molecule has 1 aromatic heterocycles. The monoisotopic (exact) mass is 382 g/mol. The van der Waals surface area contributed by atoms with Crippen LogP contribution in [-0.4, -0.2) is 16.3 Å². The smallest absolute Gasteiger partial charge is 0.266 e. The summed E-state index contributed by atoms with van der Waals surface area (Å²) >= 11 is 0. The van der Waals surface area contributed by atoms with Crippen LogP contribution in [0.3, 0.4) is 0 Å². The summed E-state index contributed by atoms with van der Waals surface area (Å²) in [6.07, 6.45) is 0. The molecule has 0 aliphatic rings. The van der Waals surface area contributed by atoms with Crippen molar-refractivity contribution in [2.75, 3.05) is 5.32 Å². The quantitative estimate of drug-likeness (QED) is 0.697. The van der Waals surface area contributed by atoms with E-state index in [1.165, 1.54) is 66.1 Å². The lowest BCUT2D eigenvalue weighted by atomic mass is 10.1. The maximum absolute atomic E-state index is 13.3. The van der Waals surface area contributed by atoms with Crippen molar-refractivity contribution >= 4 is 17.4 Å². The van der Waals surface area contributed by atoms with Crippen molar-refractivity contribution in [2.45, 2.75) is 13.8 Å². The number of aromatic nitrogens is 1. The van der Waals surface area contributed by atoms with Gasteiger partial charge in [0.1, 0.15) is 11.6 Å². The lowest BCUT2D eigenvalue weighted by Gasteiger charge is -2.16. The zero-order valence-corrected chi connectivity index (χ0v) is 15.1. The first-order valence-corrected chi connectivity index (χ1v) is 8.38. The molecule has 1 amide bonds. The molecule has 0 bridgehead atoms. The number of rotatable bonds is 4. The van der Waals surface area contributed by atoms with Gasteiger partial charge in [-0.25, -0.2) is 8.78 Å². The molecule has 0 radical (unpaired) electrons. The van der Waals surface area contributed by atoms with Crippen molar-refractivity contribution in [2.24, 2.45) is 0 Å². The van der Waals surface area contributed by atoms with E-state index in [2.05, 4.69) is 5.32 Å². The Morgan fingerprint density at radius 2 is 1.43 bits per heavy atom. The molecule has 142 valence electrons. The number of Topliss-reactive ketones (excluding diaryl/α,β-unsaturated/α-hetero) is 1. The number of carbonyl (C=O) groups is 2. The van der Waals surface area contributed by atoms with Crippen LogP contribution >= 0.6 is 0 Å². The molecular weight excluding hydrogens is 366 g/mol. The highest BCUT2D eigenvalue weighted by Crippen LogP contribution is 2.17. The molecule has 0 unspecified atom stereocenters. The predicted octanol–water partition coefficient (Wildman–Crippen LogP) is 3.88. The van der Waals surface area contributed by atoms with E-state index in [1.807, 2.05) is 0 Å². The van der Waals surface area contributed by atoms with Gasteiger partial charge in [-0.3, -0.25) is 19.0 Å². The van der Waals surface area contributed by atoms with E-state index >= 15 is 0 Å². The van der Waals surface area contributed by atoms with Crippen molar-refractivity contribution in [3.05, 3.63) is 93.4 Å². The number of carbonyl (C=O) groups excluding carboxylic acids is 2. The van der Waals surface area contributed by atoms with Gasteiger partial charge in [-0.15, -0.1) is 0 Å². The molecule has 3 aromatic rings. The van der Waals surface area contributed by atoms with Crippen LogP contribution in [0.1, 0.15) is 33.3 Å². The Morgan fingerprint density at radius 1 is 0.893 bits per heavy atom. The number of nitrogens with zero attached hydrogens (tertiary/aromatic N) is 1. The third kappa shape index (κ3) is 3.73. The normalized spacial score (nSPS) is 10.6. The first-order chi connectivity index (χ1) is 13.3. The molecule has 0 atom stereocenters. The molecule has 0 aliphatic carbocycles. The number of halogens is 2. The molecule has 0 spiro atoms. The van der Waals surface area contributed by atoms with Crippen LogP contribution in [0.4, 0.5) is 14.5 Å². The second kappa shape index (κ2) is 7.56. The standard InChI is InChI=1S/C21H16F2N2O3/c1-12-18(20(27)24-16-7-3-14(22)4-8-16)11-19(13(2)26)21(28)25(12)17-9-5-15(23)6-10-17/h3-11H,1-2H3,(H,24,27). The van der Waals surface area contributed by atoms with Crippen LogP contribution in [0.2, 0.25) is 0 Å². The van der Waals surface area contributed by atoms with Crippen LogP contribution < -0.4 is 10.9 Å². The van der Waals surface area contributed by atoms with E-state index in [1.54, 1.807) is 6.92 Å². The number of amides is 1. The van der Waals surface area contributed by atoms with Gasteiger partial charge in [-0.05, 0) is 68.4 Å². The summed E-state index contributed by atoms with van der Waals surface area (Å²) in [5.41, 5.74) is 0.284. The molecule has 0 fully saturated rings. The number of hydrogen-bond donors (Lipinski definition) is 1. The zero-order chi connectivity index (χ0) is 20.4. The average molecular weight is 382 g/mol. The van der Waals surface area contributed by atoms with Crippen LogP contribution in [0, 0.1) is 18.6 Å². The van der Waals surface area contributed by atoms with Crippen LogP contribution in [0.5, 0.6) is 0 Å². The number of pyridine rings is 1. The Hall–Kier alpha value is -3.61. The van der Waals surface area contributed by atoms with E-state index in [9.17, 15) is 23.2 Å². The summed E-state index contributed by atoms with van der Waals surface area (Å²) in [5, 5.41) is 2.61. The summed E-state index contributed by atoms with van der Waals surface area (Å²) in [6, 6.07) is 11.5.